The first-order valence-electron chi connectivity index (χ1n) is 11.3. The van der Waals surface area contributed by atoms with Crippen LogP contribution in [0.25, 0.3) is 11.1 Å². The Morgan fingerprint density at radius 3 is 2.29 bits per heavy atom. The van der Waals surface area contributed by atoms with Crippen LogP contribution in [0.3, 0.4) is 0 Å². The van der Waals surface area contributed by atoms with E-state index in [4.69, 9.17) is 4.74 Å². The van der Waals surface area contributed by atoms with Gasteiger partial charge in [-0.1, -0.05) is 68.4 Å². The van der Waals surface area contributed by atoms with Gasteiger partial charge in [0.15, 0.2) is 0 Å². The topological polar surface area (TPSA) is 75.7 Å². The molecule has 34 heavy (non-hydrogen) atoms. The van der Waals surface area contributed by atoms with Gasteiger partial charge < -0.3 is 15.0 Å². The minimum atomic E-state index is -0.618. The number of methoxy groups -OCH3 is 1. The number of anilines is 1. The fourth-order valence-corrected chi connectivity index (χ4v) is 4.34. The van der Waals surface area contributed by atoms with Gasteiger partial charge in [-0.05, 0) is 46.4 Å². The summed E-state index contributed by atoms with van der Waals surface area (Å²) in [6, 6.07) is 22.3. The highest BCUT2D eigenvalue weighted by Gasteiger charge is 2.38. The maximum atomic E-state index is 13.1. The first kappa shape index (κ1) is 23.2. The second kappa shape index (κ2) is 9.91. The quantitative estimate of drug-likeness (QED) is 0.524. The second-order valence-corrected chi connectivity index (χ2v) is 8.80. The molecular weight excluding hydrogens is 428 g/mol. The van der Waals surface area contributed by atoms with Crippen LogP contribution in [0.2, 0.25) is 0 Å². The van der Waals surface area contributed by atoms with E-state index in [0.29, 0.717) is 24.2 Å². The fraction of sp³-hybridized carbons (Fsp3) is 0.250. The number of esters is 1. The standard InChI is InChI=1S/C28H28N2O4/c1-18(2)26(28(33)34-3)30-17-22-10-9-21(16-24(22)27(30)32)20-11-13-23(14-12-20)29-25(31)15-19-7-5-4-6-8-19/h4-14,16,18,26H,15,17H2,1-3H3,(H,29,31). The van der Waals surface area contributed by atoms with Crippen molar-refractivity contribution in [2.24, 2.45) is 5.92 Å². The lowest BCUT2D eigenvalue weighted by atomic mass is 10.00. The monoisotopic (exact) mass is 456 g/mol. The number of carbonyl (C=O) groups excluding carboxylic acids is 3. The van der Waals surface area contributed by atoms with Crippen LogP contribution in [0.5, 0.6) is 0 Å². The number of hydrogen-bond donors (Lipinski definition) is 1. The van der Waals surface area contributed by atoms with E-state index >= 15 is 0 Å². The maximum absolute atomic E-state index is 13.1. The Kier molecular flexibility index (Phi) is 6.77. The van der Waals surface area contributed by atoms with E-state index in [1.165, 1.54) is 7.11 Å². The normalized spacial score (nSPS) is 13.5. The third kappa shape index (κ3) is 4.86. The number of nitrogens with one attached hydrogen (secondary N) is 1. The molecule has 1 N–H and O–H groups in total. The summed E-state index contributed by atoms with van der Waals surface area (Å²) >= 11 is 0. The first-order valence-corrected chi connectivity index (χ1v) is 11.3. The van der Waals surface area contributed by atoms with Crippen LogP contribution >= 0.6 is 0 Å². The molecular formula is C28H28N2O4. The van der Waals surface area contributed by atoms with Gasteiger partial charge in [0, 0.05) is 17.8 Å². The van der Waals surface area contributed by atoms with Gasteiger partial charge in [0.05, 0.1) is 13.5 Å². The molecule has 1 aliphatic heterocycles. The van der Waals surface area contributed by atoms with Gasteiger partial charge in [-0.15, -0.1) is 0 Å². The van der Waals surface area contributed by atoms with Crippen LogP contribution in [-0.4, -0.2) is 35.8 Å². The highest BCUT2D eigenvalue weighted by molar-refractivity contribution is 6.01. The lowest BCUT2D eigenvalue weighted by molar-refractivity contribution is -0.147. The second-order valence-electron chi connectivity index (χ2n) is 8.80. The SMILES string of the molecule is COC(=O)C(C(C)C)N1Cc2ccc(-c3ccc(NC(=O)Cc4ccccc4)cc3)cc2C1=O. The van der Waals surface area contributed by atoms with Crippen molar-refractivity contribution < 1.29 is 19.1 Å². The van der Waals surface area contributed by atoms with Gasteiger partial charge in [-0.25, -0.2) is 4.79 Å². The molecule has 1 atom stereocenters. The molecule has 4 rings (SSSR count). The van der Waals surface area contributed by atoms with Gasteiger partial charge in [0.25, 0.3) is 5.91 Å². The van der Waals surface area contributed by atoms with Crippen molar-refractivity contribution in [3.63, 3.8) is 0 Å². The van der Waals surface area contributed by atoms with Crippen LogP contribution < -0.4 is 5.32 Å². The zero-order chi connectivity index (χ0) is 24.2. The summed E-state index contributed by atoms with van der Waals surface area (Å²) in [5.41, 5.74) is 5.01. The summed E-state index contributed by atoms with van der Waals surface area (Å²) in [5, 5.41) is 2.92. The van der Waals surface area contributed by atoms with Crippen molar-refractivity contribution in [1.29, 1.82) is 0 Å². The van der Waals surface area contributed by atoms with Gasteiger partial charge >= 0.3 is 5.97 Å². The molecule has 1 unspecified atom stereocenters. The highest BCUT2D eigenvalue weighted by atomic mass is 16.5. The number of ether oxygens (including phenoxy) is 1. The van der Waals surface area contributed by atoms with E-state index in [1.807, 2.05) is 86.6 Å². The third-order valence-electron chi connectivity index (χ3n) is 6.06. The molecule has 2 amide bonds. The van der Waals surface area contributed by atoms with Crippen LogP contribution in [0.1, 0.15) is 35.3 Å². The van der Waals surface area contributed by atoms with Crippen molar-refractivity contribution >= 4 is 23.5 Å². The van der Waals surface area contributed by atoms with Crippen molar-refractivity contribution in [3.8, 4) is 11.1 Å². The Labute approximate surface area is 199 Å². The Bertz CT molecular complexity index is 1200. The molecule has 1 heterocycles. The number of benzene rings is 3. The van der Waals surface area contributed by atoms with Crippen molar-refractivity contribution in [1.82, 2.24) is 4.90 Å². The molecule has 3 aromatic carbocycles. The molecule has 174 valence electrons. The predicted octanol–water partition coefficient (Wildman–Crippen LogP) is 4.69. The van der Waals surface area contributed by atoms with E-state index in [-0.39, 0.29) is 17.7 Å². The van der Waals surface area contributed by atoms with E-state index in [1.54, 1.807) is 4.90 Å². The maximum Gasteiger partial charge on any atom is 0.328 e. The number of rotatable bonds is 7. The minimum absolute atomic E-state index is 0.0603. The smallest absolute Gasteiger partial charge is 0.328 e. The third-order valence-corrected chi connectivity index (χ3v) is 6.06. The summed E-state index contributed by atoms with van der Waals surface area (Å²) in [7, 11) is 1.34. The average molecular weight is 457 g/mol. The van der Waals surface area contributed by atoms with E-state index in [9.17, 15) is 14.4 Å². The number of carbonyl (C=O) groups is 3. The molecule has 0 aromatic heterocycles. The van der Waals surface area contributed by atoms with Crippen LogP contribution in [0.15, 0.2) is 72.8 Å². The summed E-state index contributed by atoms with van der Waals surface area (Å²) in [6.07, 6.45) is 0.314. The van der Waals surface area contributed by atoms with Crippen molar-refractivity contribution in [3.05, 3.63) is 89.5 Å². The summed E-state index contributed by atoms with van der Waals surface area (Å²) in [6.45, 7) is 4.20. The minimum Gasteiger partial charge on any atom is -0.467 e. The fourth-order valence-electron chi connectivity index (χ4n) is 4.34. The van der Waals surface area contributed by atoms with E-state index in [0.717, 1.165) is 22.3 Å². The van der Waals surface area contributed by atoms with E-state index < -0.39 is 12.0 Å². The average Bonchev–Trinajstić information content (AvgIpc) is 3.15. The number of nitrogens with zero attached hydrogens (tertiary/aromatic N) is 1. The summed E-state index contributed by atoms with van der Waals surface area (Å²) in [5.74, 6) is -0.700. The molecule has 0 saturated heterocycles. The molecule has 0 radical (unpaired) electrons. The molecule has 0 fully saturated rings. The Morgan fingerprint density at radius 2 is 1.65 bits per heavy atom. The van der Waals surface area contributed by atoms with Gasteiger partial charge in [0.2, 0.25) is 5.91 Å². The number of amides is 2. The van der Waals surface area contributed by atoms with Gasteiger partial charge in [-0.3, -0.25) is 9.59 Å². The molecule has 6 heteroatoms. The van der Waals surface area contributed by atoms with Crippen LogP contribution in [0, 0.1) is 5.92 Å². The number of fused-ring (bicyclic) bond motifs is 1. The predicted molar refractivity (Wildman–Crippen MR) is 131 cm³/mol. The highest BCUT2D eigenvalue weighted by Crippen LogP contribution is 2.31. The van der Waals surface area contributed by atoms with Crippen LogP contribution in [0.4, 0.5) is 5.69 Å². The Hall–Kier alpha value is -3.93. The largest absolute Gasteiger partial charge is 0.467 e. The Balaban J connectivity index is 1.48. The van der Waals surface area contributed by atoms with Crippen molar-refractivity contribution in [2.75, 3.05) is 12.4 Å². The zero-order valence-corrected chi connectivity index (χ0v) is 19.6. The molecule has 3 aromatic rings. The molecule has 0 spiro atoms. The summed E-state index contributed by atoms with van der Waals surface area (Å²) < 4.78 is 4.94. The molecule has 0 saturated carbocycles. The molecule has 0 bridgehead atoms. The lowest BCUT2D eigenvalue weighted by Gasteiger charge is -2.28. The number of hydrogen-bond acceptors (Lipinski definition) is 4. The van der Waals surface area contributed by atoms with E-state index in [2.05, 4.69) is 5.32 Å². The zero-order valence-electron chi connectivity index (χ0n) is 19.6. The Morgan fingerprint density at radius 1 is 0.971 bits per heavy atom. The van der Waals surface area contributed by atoms with Crippen LogP contribution in [-0.2, 0) is 27.3 Å². The van der Waals surface area contributed by atoms with Gasteiger partial charge in [-0.2, -0.15) is 0 Å². The molecule has 0 aliphatic carbocycles. The van der Waals surface area contributed by atoms with Crippen molar-refractivity contribution in [2.45, 2.75) is 32.9 Å². The first-order chi connectivity index (χ1) is 16.4. The van der Waals surface area contributed by atoms with Gasteiger partial charge in [0.1, 0.15) is 6.04 Å². The molecule has 6 nitrogen and oxygen atoms in total. The molecule has 1 aliphatic rings. The lowest BCUT2D eigenvalue weighted by Crippen LogP contribution is -2.45. The summed E-state index contributed by atoms with van der Waals surface area (Å²) in [4.78, 5) is 39.3.